The number of carbonyl (C=O) groups is 2. The highest BCUT2D eigenvalue weighted by Crippen LogP contribution is 2.17. The van der Waals surface area contributed by atoms with Crippen LogP contribution in [-0.4, -0.2) is 64.8 Å². The van der Waals surface area contributed by atoms with Gasteiger partial charge < -0.3 is 9.84 Å². The molecule has 1 N–H and O–H groups in total. The Bertz CT molecular complexity index is 406. The van der Waals surface area contributed by atoms with Crippen LogP contribution in [0, 0.1) is 0 Å². The average Bonchev–Trinajstić information content (AvgIpc) is 2.48. The molecule has 0 radical (unpaired) electrons. The zero-order chi connectivity index (χ0) is 18.2. The lowest BCUT2D eigenvalue weighted by Gasteiger charge is -2.39. The van der Waals surface area contributed by atoms with E-state index in [1.807, 2.05) is 0 Å². The minimum Gasteiger partial charge on any atom is -0.480 e. The van der Waals surface area contributed by atoms with Crippen molar-refractivity contribution >= 4 is 12.1 Å². The largest absolute Gasteiger partial charge is 0.480 e. The maximum Gasteiger partial charge on any atom is 0.411 e. The molecule has 1 saturated heterocycles. The third-order valence-electron chi connectivity index (χ3n) is 4.21. The van der Waals surface area contributed by atoms with E-state index >= 15 is 0 Å². The van der Waals surface area contributed by atoms with Gasteiger partial charge in [-0.05, 0) is 33.7 Å². The molecular formula is C18H34N2O4. The van der Waals surface area contributed by atoms with Crippen LogP contribution in [0.25, 0.3) is 0 Å². The highest BCUT2D eigenvalue weighted by molar-refractivity contribution is 5.80. The minimum atomic E-state index is -0.964. The molecule has 1 amide bonds. The van der Waals surface area contributed by atoms with E-state index in [1.165, 1.54) is 37.0 Å². The minimum absolute atomic E-state index is 0.379. The molecule has 1 aliphatic rings. The van der Waals surface area contributed by atoms with Gasteiger partial charge in [-0.3, -0.25) is 9.80 Å². The first-order chi connectivity index (χ1) is 11.2. The van der Waals surface area contributed by atoms with Gasteiger partial charge in [-0.15, -0.1) is 0 Å². The molecule has 0 saturated carbocycles. The van der Waals surface area contributed by atoms with Crippen LogP contribution in [0.15, 0.2) is 0 Å². The van der Waals surface area contributed by atoms with E-state index in [1.54, 1.807) is 20.8 Å². The molecule has 0 aliphatic carbocycles. The number of rotatable bonds is 8. The summed E-state index contributed by atoms with van der Waals surface area (Å²) >= 11 is 0. The fourth-order valence-corrected chi connectivity index (χ4v) is 2.91. The van der Waals surface area contributed by atoms with Gasteiger partial charge >= 0.3 is 12.1 Å². The van der Waals surface area contributed by atoms with Crippen molar-refractivity contribution in [2.24, 2.45) is 0 Å². The first-order valence-corrected chi connectivity index (χ1v) is 9.19. The van der Waals surface area contributed by atoms with Crippen LogP contribution in [0.1, 0.15) is 66.2 Å². The van der Waals surface area contributed by atoms with Gasteiger partial charge in [0.25, 0.3) is 0 Å². The van der Waals surface area contributed by atoms with Crippen molar-refractivity contribution in [2.45, 2.75) is 77.9 Å². The summed E-state index contributed by atoms with van der Waals surface area (Å²) < 4.78 is 5.33. The second-order valence-electron chi connectivity index (χ2n) is 7.60. The summed E-state index contributed by atoms with van der Waals surface area (Å²) in [6.07, 6.45) is 6.79. The van der Waals surface area contributed by atoms with Gasteiger partial charge in [-0.25, -0.2) is 9.59 Å². The summed E-state index contributed by atoms with van der Waals surface area (Å²) in [7, 11) is 0. The van der Waals surface area contributed by atoms with Crippen LogP contribution in [0.4, 0.5) is 4.79 Å². The highest BCUT2D eigenvalue weighted by atomic mass is 16.6. The lowest BCUT2D eigenvalue weighted by atomic mass is 10.1. The van der Waals surface area contributed by atoms with E-state index < -0.39 is 23.7 Å². The summed E-state index contributed by atoms with van der Waals surface area (Å²) in [5, 5.41) is 9.47. The number of carbonyl (C=O) groups excluding carboxylic acids is 1. The first kappa shape index (κ1) is 20.7. The normalized spacial score (nSPS) is 19.3. The Morgan fingerprint density at radius 1 is 1.08 bits per heavy atom. The number of aliphatic carboxylic acids is 1. The van der Waals surface area contributed by atoms with Gasteiger partial charge in [0.2, 0.25) is 0 Å². The Hall–Kier alpha value is -1.30. The number of ether oxygens (including phenoxy) is 1. The van der Waals surface area contributed by atoms with Crippen LogP contribution in [-0.2, 0) is 9.53 Å². The van der Waals surface area contributed by atoms with Crippen molar-refractivity contribution in [3.05, 3.63) is 0 Å². The highest BCUT2D eigenvalue weighted by Gasteiger charge is 2.37. The van der Waals surface area contributed by atoms with Gasteiger partial charge in [-0.1, -0.05) is 39.0 Å². The van der Waals surface area contributed by atoms with Crippen molar-refractivity contribution in [3.63, 3.8) is 0 Å². The molecule has 1 fully saturated rings. The van der Waals surface area contributed by atoms with E-state index in [2.05, 4.69) is 11.8 Å². The summed E-state index contributed by atoms with van der Waals surface area (Å²) in [5.74, 6) is -0.964. The summed E-state index contributed by atoms with van der Waals surface area (Å²) in [5.41, 5.74) is -0.615. The molecule has 1 atom stereocenters. The van der Waals surface area contributed by atoms with Gasteiger partial charge in [0, 0.05) is 19.6 Å². The molecule has 0 aromatic rings. The molecular weight excluding hydrogens is 308 g/mol. The Morgan fingerprint density at radius 3 is 2.29 bits per heavy atom. The predicted molar refractivity (Wildman–Crippen MR) is 94.2 cm³/mol. The fourth-order valence-electron chi connectivity index (χ4n) is 2.91. The Labute approximate surface area is 146 Å². The Balaban J connectivity index is 2.44. The van der Waals surface area contributed by atoms with Crippen LogP contribution < -0.4 is 0 Å². The predicted octanol–water partition coefficient (Wildman–Crippen LogP) is 3.35. The van der Waals surface area contributed by atoms with Gasteiger partial charge in [-0.2, -0.15) is 0 Å². The molecule has 0 aromatic heterocycles. The zero-order valence-corrected chi connectivity index (χ0v) is 15.7. The maximum absolute atomic E-state index is 12.2. The smallest absolute Gasteiger partial charge is 0.411 e. The molecule has 6 heteroatoms. The molecule has 24 heavy (non-hydrogen) atoms. The number of carboxylic acid groups (broad SMARTS) is 1. The lowest BCUT2D eigenvalue weighted by molar-refractivity contribution is -0.145. The number of hydrogen-bond acceptors (Lipinski definition) is 4. The standard InChI is InChI=1S/C18H34N2O4/c1-5-6-7-8-9-10-11-19-12-13-20(15(14-19)16(21)22)17(23)24-18(2,3)4/h15H,5-14H2,1-4H3,(H,21,22). The summed E-state index contributed by atoms with van der Waals surface area (Å²) in [6.45, 7) is 9.96. The third kappa shape index (κ3) is 7.51. The van der Waals surface area contributed by atoms with Crippen molar-refractivity contribution in [1.29, 1.82) is 0 Å². The maximum atomic E-state index is 12.2. The number of piperazine rings is 1. The fraction of sp³-hybridized carbons (Fsp3) is 0.889. The molecule has 0 spiro atoms. The van der Waals surface area contributed by atoms with Crippen molar-refractivity contribution in [3.8, 4) is 0 Å². The Kier molecular flexibility index (Phi) is 8.53. The van der Waals surface area contributed by atoms with E-state index in [4.69, 9.17) is 4.74 Å². The summed E-state index contributed by atoms with van der Waals surface area (Å²) in [4.78, 5) is 27.3. The van der Waals surface area contributed by atoms with Gasteiger partial charge in [0.15, 0.2) is 0 Å². The average molecular weight is 342 g/mol. The van der Waals surface area contributed by atoms with Crippen LogP contribution >= 0.6 is 0 Å². The lowest BCUT2D eigenvalue weighted by Crippen LogP contribution is -2.59. The SMILES string of the molecule is CCCCCCCCN1CCN(C(=O)OC(C)(C)C)C(C(=O)O)C1. The Morgan fingerprint density at radius 2 is 1.71 bits per heavy atom. The number of amides is 1. The molecule has 1 heterocycles. The van der Waals surface area contributed by atoms with Gasteiger partial charge in [0.05, 0.1) is 0 Å². The first-order valence-electron chi connectivity index (χ1n) is 9.19. The molecule has 140 valence electrons. The van der Waals surface area contributed by atoms with E-state index in [9.17, 15) is 14.7 Å². The number of hydrogen-bond donors (Lipinski definition) is 1. The molecule has 1 rings (SSSR count). The molecule has 6 nitrogen and oxygen atoms in total. The monoisotopic (exact) mass is 342 g/mol. The van der Waals surface area contributed by atoms with E-state index in [0.717, 1.165) is 13.0 Å². The number of nitrogens with zero attached hydrogens (tertiary/aromatic N) is 2. The second-order valence-corrected chi connectivity index (χ2v) is 7.60. The quantitative estimate of drug-likeness (QED) is 0.685. The van der Waals surface area contributed by atoms with Crippen molar-refractivity contribution in [1.82, 2.24) is 9.80 Å². The third-order valence-corrected chi connectivity index (χ3v) is 4.21. The van der Waals surface area contributed by atoms with Crippen LogP contribution in [0.5, 0.6) is 0 Å². The molecule has 1 aliphatic heterocycles. The van der Waals surface area contributed by atoms with E-state index in [0.29, 0.717) is 19.6 Å². The number of carboxylic acids is 1. The number of unbranched alkanes of at least 4 members (excludes halogenated alkanes) is 5. The van der Waals surface area contributed by atoms with Crippen molar-refractivity contribution in [2.75, 3.05) is 26.2 Å². The summed E-state index contributed by atoms with van der Waals surface area (Å²) in [6, 6.07) is -0.825. The van der Waals surface area contributed by atoms with E-state index in [-0.39, 0.29) is 0 Å². The second kappa shape index (κ2) is 9.87. The molecule has 1 unspecified atom stereocenters. The van der Waals surface area contributed by atoms with Crippen molar-refractivity contribution < 1.29 is 19.4 Å². The molecule has 0 aromatic carbocycles. The zero-order valence-electron chi connectivity index (χ0n) is 15.7. The molecule has 0 bridgehead atoms. The van der Waals surface area contributed by atoms with Crippen LogP contribution in [0.2, 0.25) is 0 Å². The van der Waals surface area contributed by atoms with Gasteiger partial charge in [0.1, 0.15) is 11.6 Å². The topological polar surface area (TPSA) is 70.1 Å². The van der Waals surface area contributed by atoms with Crippen LogP contribution in [0.3, 0.4) is 0 Å².